The molecule has 0 spiro atoms. The number of nitrogens with zero attached hydrogens (tertiary/aromatic N) is 1. The van der Waals surface area contributed by atoms with Crippen LogP contribution in [0.15, 0.2) is 54.6 Å². The van der Waals surface area contributed by atoms with E-state index in [0.29, 0.717) is 18.5 Å². The van der Waals surface area contributed by atoms with Crippen LogP contribution in [0.1, 0.15) is 18.9 Å². The first-order valence-electron chi connectivity index (χ1n) is 7.95. The lowest BCUT2D eigenvalue weighted by molar-refractivity contribution is -0.119. The van der Waals surface area contributed by atoms with Crippen LogP contribution in [0.3, 0.4) is 0 Å². The Morgan fingerprint density at radius 2 is 1.80 bits per heavy atom. The van der Waals surface area contributed by atoms with Crippen molar-refractivity contribution in [2.45, 2.75) is 19.8 Å². The highest BCUT2D eigenvalue weighted by molar-refractivity contribution is 7.80. The fourth-order valence-electron chi connectivity index (χ4n) is 2.23. The molecule has 0 saturated heterocycles. The normalized spacial score (nSPS) is 10.0. The molecule has 0 atom stereocenters. The van der Waals surface area contributed by atoms with Gasteiger partial charge in [-0.15, -0.1) is 0 Å². The summed E-state index contributed by atoms with van der Waals surface area (Å²) in [6.45, 7) is 1.50. The van der Waals surface area contributed by atoms with Crippen LogP contribution in [0.2, 0.25) is 0 Å². The fraction of sp³-hybridized carbons (Fsp3) is 0.211. The molecule has 0 unspecified atom stereocenters. The molecule has 0 bridgehead atoms. The molecule has 2 N–H and O–H groups in total. The Labute approximate surface area is 153 Å². The minimum absolute atomic E-state index is 0.0612. The fourth-order valence-corrected chi connectivity index (χ4v) is 2.46. The van der Waals surface area contributed by atoms with Crippen LogP contribution < -0.4 is 15.5 Å². The largest absolute Gasteiger partial charge is 0.332 e. The average Bonchev–Trinajstić information content (AvgIpc) is 2.60. The number of hydrogen-bond acceptors (Lipinski definition) is 3. The van der Waals surface area contributed by atoms with Crippen molar-refractivity contribution in [2.75, 3.05) is 17.3 Å². The van der Waals surface area contributed by atoms with Gasteiger partial charge in [0, 0.05) is 31.8 Å². The van der Waals surface area contributed by atoms with E-state index < -0.39 is 0 Å². The molecule has 0 radical (unpaired) electrons. The van der Waals surface area contributed by atoms with Gasteiger partial charge in [0.25, 0.3) is 0 Å². The van der Waals surface area contributed by atoms with E-state index in [1.54, 1.807) is 13.1 Å². The summed E-state index contributed by atoms with van der Waals surface area (Å²) in [5.41, 5.74) is 2.56. The third-order valence-corrected chi connectivity index (χ3v) is 3.90. The van der Waals surface area contributed by atoms with Crippen molar-refractivity contribution in [3.63, 3.8) is 0 Å². The first-order valence-corrected chi connectivity index (χ1v) is 8.35. The van der Waals surface area contributed by atoms with Gasteiger partial charge in [-0.2, -0.15) is 0 Å². The molecule has 2 amide bonds. The van der Waals surface area contributed by atoms with Crippen LogP contribution in [0.5, 0.6) is 0 Å². The van der Waals surface area contributed by atoms with Crippen LogP contribution in [-0.2, 0) is 16.0 Å². The topological polar surface area (TPSA) is 61.4 Å². The molecular formula is C19H21N3O2S. The summed E-state index contributed by atoms with van der Waals surface area (Å²) >= 11 is 5.18. The lowest BCUT2D eigenvalue weighted by atomic mass is 10.1. The molecule has 6 heteroatoms. The summed E-state index contributed by atoms with van der Waals surface area (Å²) in [4.78, 5) is 25.0. The van der Waals surface area contributed by atoms with Crippen molar-refractivity contribution in [3.05, 3.63) is 60.2 Å². The van der Waals surface area contributed by atoms with Crippen molar-refractivity contribution in [3.8, 4) is 0 Å². The average molecular weight is 355 g/mol. The maximum atomic E-state index is 12.0. The molecule has 0 fully saturated rings. The van der Waals surface area contributed by atoms with Crippen molar-refractivity contribution in [1.29, 1.82) is 0 Å². The summed E-state index contributed by atoms with van der Waals surface area (Å²) in [7, 11) is 1.70. The maximum absolute atomic E-state index is 12.0. The zero-order chi connectivity index (χ0) is 18.2. The molecule has 5 nitrogen and oxygen atoms in total. The van der Waals surface area contributed by atoms with Crippen molar-refractivity contribution < 1.29 is 9.59 Å². The number of carbonyl (C=O) groups excluding carboxylic acids is 2. The van der Waals surface area contributed by atoms with Gasteiger partial charge in [-0.25, -0.2) is 0 Å². The highest BCUT2D eigenvalue weighted by atomic mass is 32.1. The first-order chi connectivity index (χ1) is 12.0. The number of carbonyl (C=O) groups is 2. The van der Waals surface area contributed by atoms with E-state index in [1.165, 1.54) is 11.8 Å². The smallest absolute Gasteiger partial charge is 0.226 e. The van der Waals surface area contributed by atoms with E-state index in [9.17, 15) is 9.59 Å². The molecule has 130 valence electrons. The Kier molecular flexibility index (Phi) is 6.65. The predicted octanol–water partition coefficient (Wildman–Crippen LogP) is 3.12. The quantitative estimate of drug-likeness (QED) is 0.809. The van der Waals surface area contributed by atoms with Gasteiger partial charge >= 0.3 is 0 Å². The molecule has 0 aliphatic heterocycles. The molecule has 0 aliphatic carbocycles. The highest BCUT2D eigenvalue weighted by Crippen LogP contribution is 2.18. The van der Waals surface area contributed by atoms with E-state index in [0.717, 1.165) is 11.3 Å². The Morgan fingerprint density at radius 3 is 2.48 bits per heavy atom. The third-order valence-electron chi connectivity index (χ3n) is 3.70. The molecule has 2 aromatic carbocycles. The van der Waals surface area contributed by atoms with Crippen molar-refractivity contribution >= 4 is 40.5 Å². The number of benzene rings is 2. The van der Waals surface area contributed by atoms with Crippen molar-refractivity contribution in [1.82, 2.24) is 5.32 Å². The van der Waals surface area contributed by atoms with Crippen molar-refractivity contribution in [2.24, 2.45) is 0 Å². The molecular weight excluding hydrogens is 334 g/mol. The Balaban J connectivity index is 1.86. The van der Waals surface area contributed by atoms with Crippen LogP contribution in [-0.4, -0.2) is 24.0 Å². The molecule has 2 rings (SSSR count). The van der Waals surface area contributed by atoms with E-state index in [4.69, 9.17) is 12.2 Å². The summed E-state index contributed by atoms with van der Waals surface area (Å²) in [6.07, 6.45) is 1.02. The molecule has 0 aliphatic rings. The summed E-state index contributed by atoms with van der Waals surface area (Å²) in [5, 5.41) is 5.87. The number of aryl methyl sites for hydroxylation is 1. The number of hydrogen-bond donors (Lipinski definition) is 2. The van der Waals surface area contributed by atoms with E-state index >= 15 is 0 Å². The minimum atomic E-state index is -0.140. The highest BCUT2D eigenvalue weighted by Gasteiger charge is 2.08. The number of thiocarbonyl (C=S) groups is 1. The van der Waals surface area contributed by atoms with Gasteiger partial charge < -0.3 is 15.5 Å². The van der Waals surface area contributed by atoms with Crippen LogP contribution in [0.4, 0.5) is 11.4 Å². The van der Waals surface area contributed by atoms with Gasteiger partial charge in [-0.3, -0.25) is 9.59 Å². The minimum Gasteiger partial charge on any atom is -0.332 e. The van der Waals surface area contributed by atoms with E-state index in [-0.39, 0.29) is 16.9 Å². The summed E-state index contributed by atoms with van der Waals surface area (Å²) in [6, 6.07) is 17.1. The van der Waals surface area contributed by atoms with E-state index in [2.05, 4.69) is 10.6 Å². The van der Waals surface area contributed by atoms with Gasteiger partial charge in [0.15, 0.2) is 5.11 Å². The van der Waals surface area contributed by atoms with E-state index in [1.807, 2.05) is 48.5 Å². The molecule has 0 aromatic heterocycles. The third kappa shape index (κ3) is 6.00. The molecule has 25 heavy (non-hydrogen) atoms. The number of anilines is 2. The lowest BCUT2D eigenvalue weighted by Gasteiger charge is -2.16. The second-order valence-corrected chi connectivity index (χ2v) is 6.02. The van der Waals surface area contributed by atoms with Crippen LogP contribution in [0.25, 0.3) is 0 Å². The van der Waals surface area contributed by atoms with Crippen LogP contribution in [0, 0.1) is 0 Å². The number of amides is 2. The predicted molar refractivity (Wildman–Crippen MR) is 105 cm³/mol. The SMILES string of the molecule is CC(=O)N(C)c1cccc(NC(=S)NC(=O)CCc2ccccc2)c1. The van der Waals surface area contributed by atoms with Gasteiger partial charge in [0.05, 0.1) is 0 Å². The second-order valence-electron chi connectivity index (χ2n) is 5.62. The van der Waals surface area contributed by atoms with Gasteiger partial charge in [0.2, 0.25) is 11.8 Å². The monoisotopic (exact) mass is 355 g/mol. The molecule has 0 heterocycles. The first kappa shape index (κ1) is 18.6. The zero-order valence-electron chi connectivity index (χ0n) is 14.3. The standard InChI is InChI=1S/C19H21N3O2S/c1-14(23)22(2)17-10-6-9-16(13-17)20-19(25)21-18(24)12-11-15-7-4-3-5-8-15/h3-10,13H,11-12H2,1-2H3,(H2,20,21,24,25). The maximum Gasteiger partial charge on any atom is 0.226 e. The zero-order valence-corrected chi connectivity index (χ0v) is 15.1. The van der Waals surface area contributed by atoms with Gasteiger partial charge in [0.1, 0.15) is 0 Å². The summed E-state index contributed by atoms with van der Waals surface area (Å²) < 4.78 is 0. The molecule has 0 saturated carbocycles. The Bertz CT molecular complexity index is 762. The van der Waals surface area contributed by atoms with Gasteiger partial charge in [-0.05, 0) is 42.4 Å². The van der Waals surface area contributed by atoms with Gasteiger partial charge in [-0.1, -0.05) is 36.4 Å². The second kappa shape index (κ2) is 8.94. The van der Waals surface area contributed by atoms with Crippen LogP contribution >= 0.6 is 12.2 Å². The number of nitrogens with one attached hydrogen (secondary N) is 2. The lowest BCUT2D eigenvalue weighted by Crippen LogP contribution is -2.34. The molecule has 2 aromatic rings. The Hall–Kier alpha value is -2.73. The summed E-state index contributed by atoms with van der Waals surface area (Å²) in [5.74, 6) is -0.202. The number of rotatable bonds is 5. The Morgan fingerprint density at radius 1 is 1.08 bits per heavy atom.